The number of unbranched alkanes of at least 4 members (excludes halogenated alkanes) is 11. The lowest BCUT2D eigenvalue weighted by molar-refractivity contribution is 0.118. The molecule has 2 rings (SSSR count). The summed E-state index contributed by atoms with van der Waals surface area (Å²) in [5.41, 5.74) is 13.0. The minimum Gasteiger partial charge on any atom is -0.490 e. The lowest BCUT2D eigenvalue weighted by atomic mass is 10.0. The van der Waals surface area contributed by atoms with Gasteiger partial charge in [0, 0.05) is 11.4 Å². The maximum Gasteiger partial charge on any atom is 0.133 e. The predicted octanol–water partition coefficient (Wildman–Crippen LogP) is 7.77. The van der Waals surface area contributed by atoms with Crippen LogP contribution in [0.1, 0.15) is 90.4 Å². The Labute approximate surface area is 195 Å². The van der Waals surface area contributed by atoms with Crippen molar-refractivity contribution in [3.63, 3.8) is 0 Å². The summed E-state index contributed by atoms with van der Waals surface area (Å²) in [5, 5.41) is 0. The van der Waals surface area contributed by atoms with Gasteiger partial charge in [0.2, 0.25) is 0 Å². The Morgan fingerprint density at radius 1 is 0.594 bits per heavy atom. The molecule has 0 heterocycles. The van der Waals surface area contributed by atoms with Crippen LogP contribution < -0.4 is 20.9 Å². The van der Waals surface area contributed by atoms with E-state index in [1.54, 1.807) is 0 Å². The molecule has 0 aliphatic carbocycles. The Bertz CT molecular complexity index is 700. The fourth-order valence-corrected chi connectivity index (χ4v) is 3.88. The van der Waals surface area contributed by atoms with E-state index in [4.69, 9.17) is 20.9 Å². The molecule has 0 saturated heterocycles. The van der Waals surface area contributed by atoms with E-state index in [-0.39, 0.29) is 6.10 Å². The highest BCUT2D eigenvalue weighted by Crippen LogP contribution is 2.20. The summed E-state index contributed by atoms with van der Waals surface area (Å²) in [6, 6.07) is 15.1. The highest BCUT2D eigenvalue weighted by atomic mass is 16.5. The number of hydrogen-bond donors (Lipinski definition) is 2. The number of ether oxygens (including phenoxy) is 2. The van der Waals surface area contributed by atoms with Crippen molar-refractivity contribution in [2.75, 3.05) is 18.1 Å². The highest BCUT2D eigenvalue weighted by Gasteiger charge is 2.12. The van der Waals surface area contributed by atoms with Crippen LogP contribution in [0.5, 0.6) is 11.5 Å². The highest BCUT2D eigenvalue weighted by molar-refractivity contribution is 5.42. The van der Waals surface area contributed by atoms with Gasteiger partial charge in [0.05, 0.1) is 0 Å². The zero-order chi connectivity index (χ0) is 22.9. The van der Waals surface area contributed by atoms with Crippen LogP contribution in [0.15, 0.2) is 48.5 Å². The second-order valence-corrected chi connectivity index (χ2v) is 8.87. The topological polar surface area (TPSA) is 70.5 Å². The van der Waals surface area contributed by atoms with Crippen molar-refractivity contribution in [2.45, 2.75) is 96.5 Å². The molecular formula is C28H44N2O2. The van der Waals surface area contributed by atoms with Crippen molar-refractivity contribution >= 4 is 11.4 Å². The van der Waals surface area contributed by atoms with Crippen LogP contribution in [0.3, 0.4) is 0 Å². The molecule has 1 atom stereocenters. The molecule has 4 nitrogen and oxygen atoms in total. The number of anilines is 2. The summed E-state index contributed by atoms with van der Waals surface area (Å²) in [6.45, 7) is 2.80. The van der Waals surface area contributed by atoms with E-state index in [9.17, 15) is 0 Å². The number of hydrogen-bond acceptors (Lipinski definition) is 4. The minimum atomic E-state index is 0.0132. The van der Waals surface area contributed by atoms with Crippen LogP contribution in [0.2, 0.25) is 0 Å². The maximum absolute atomic E-state index is 6.21. The normalized spacial score (nSPS) is 11.9. The van der Waals surface area contributed by atoms with Gasteiger partial charge in [-0.2, -0.15) is 0 Å². The number of nitrogens with two attached hydrogens (primary N) is 2. The lowest BCUT2D eigenvalue weighted by Crippen LogP contribution is -2.25. The number of rotatable bonds is 18. The molecule has 0 amide bonds. The van der Waals surface area contributed by atoms with E-state index >= 15 is 0 Å². The zero-order valence-electron chi connectivity index (χ0n) is 20.1. The fraction of sp³-hybridized carbons (Fsp3) is 0.571. The molecule has 2 aromatic carbocycles. The molecule has 32 heavy (non-hydrogen) atoms. The molecule has 0 fully saturated rings. The quantitative estimate of drug-likeness (QED) is 0.183. The summed E-state index contributed by atoms with van der Waals surface area (Å²) >= 11 is 0. The number of benzene rings is 2. The minimum absolute atomic E-state index is 0.0132. The molecule has 4 N–H and O–H groups in total. The Hall–Kier alpha value is -2.36. The monoisotopic (exact) mass is 440 g/mol. The van der Waals surface area contributed by atoms with Gasteiger partial charge in [-0.15, -0.1) is 0 Å². The third-order valence-electron chi connectivity index (χ3n) is 5.88. The van der Waals surface area contributed by atoms with Gasteiger partial charge >= 0.3 is 0 Å². The standard InChI is InChI=1S/C28H44N2O2/c1-2-3-4-5-6-7-8-9-10-11-12-13-14-28(32-27-21-17-25(30)18-22-27)23-31-26-19-15-24(29)16-20-26/h15-22,28H,2-14,23,29-30H2,1H3. The van der Waals surface area contributed by atoms with Gasteiger partial charge in [0.1, 0.15) is 24.2 Å². The van der Waals surface area contributed by atoms with E-state index in [1.165, 1.54) is 70.6 Å². The number of nitrogen functional groups attached to an aromatic ring is 2. The summed E-state index contributed by atoms with van der Waals surface area (Å²) in [7, 11) is 0. The molecule has 4 heteroatoms. The molecule has 0 radical (unpaired) electrons. The van der Waals surface area contributed by atoms with E-state index in [1.807, 2.05) is 48.5 Å². The summed E-state index contributed by atoms with van der Waals surface area (Å²) in [5.74, 6) is 1.66. The summed E-state index contributed by atoms with van der Waals surface area (Å²) < 4.78 is 12.2. The van der Waals surface area contributed by atoms with Crippen LogP contribution in [0, 0.1) is 0 Å². The molecule has 2 aromatic rings. The fourth-order valence-electron chi connectivity index (χ4n) is 3.88. The zero-order valence-corrected chi connectivity index (χ0v) is 20.1. The lowest BCUT2D eigenvalue weighted by Gasteiger charge is -2.20. The van der Waals surface area contributed by atoms with Crippen LogP contribution in [-0.2, 0) is 0 Å². The van der Waals surface area contributed by atoms with Gasteiger partial charge < -0.3 is 20.9 Å². The van der Waals surface area contributed by atoms with Crippen LogP contribution in [0.25, 0.3) is 0 Å². The molecule has 0 bridgehead atoms. The molecule has 0 aliphatic rings. The first kappa shape index (κ1) is 25.9. The first-order valence-corrected chi connectivity index (χ1v) is 12.7. The molecule has 1 unspecified atom stereocenters. The second kappa shape index (κ2) is 16.3. The Kier molecular flexibility index (Phi) is 13.2. The Morgan fingerprint density at radius 2 is 1.03 bits per heavy atom. The molecule has 178 valence electrons. The Morgan fingerprint density at radius 3 is 1.53 bits per heavy atom. The average molecular weight is 441 g/mol. The van der Waals surface area contributed by atoms with Crippen LogP contribution >= 0.6 is 0 Å². The third kappa shape index (κ3) is 11.9. The molecular weight excluding hydrogens is 396 g/mol. The van der Waals surface area contributed by atoms with E-state index < -0.39 is 0 Å². The van der Waals surface area contributed by atoms with Crippen molar-refractivity contribution in [3.05, 3.63) is 48.5 Å². The molecule has 0 aromatic heterocycles. The van der Waals surface area contributed by atoms with Gasteiger partial charge in [-0.3, -0.25) is 0 Å². The third-order valence-corrected chi connectivity index (χ3v) is 5.88. The molecule has 0 saturated carbocycles. The summed E-state index contributed by atoms with van der Waals surface area (Å²) in [6.07, 6.45) is 17.2. The maximum atomic E-state index is 6.21. The van der Waals surface area contributed by atoms with Gasteiger partial charge in [-0.1, -0.05) is 77.6 Å². The second-order valence-electron chi connectivity index (χ2n) is 8.87. The van der Waals surface area contributed by atoms with Gasteiger partial charge in [0.25, 0.3) is 0 Å². The van der Waals surface area contributed by atoms with E-state index in [0.29, 0.717) is 6.61 Å². The molecule has 0 spiro atoms. The van der Waals surface area contributed by atoms with E-state index in [0.717, 1.165) is 35.7 Å². The first-order chi connectivity index (χ1) is 15.7. The smallest absolute Gasteiger partial charge is 0.133 e. The average Bonchev–Trinajstić information content (AvgIpc) is 2.80. The van der Waals surface area contributed by atoms with Crippen molar-refractivity contribution < 1.29 is 9.47 Å². The van der Waals surface area contributed by atoms with Gasteiger partial charge in [-0.25, -0.2) is 0 Å². The van der Waals surface area contributed by atoms with Crippen LogP contribution in [-0.4, -0.2) is 12.7 Å². The largest absolute Gasteiger partial charge is 0.490 e. The van der Waals surface area contributed by atoms with Crippen molar-refractivity contribution in [1.29, 1.82) is 0 Å². The van der Waals surface area contributed by atoms with Crippen LogP contribution in [0.4, 0.5) is 11.4 Å². The van der Waals surface area contributed by atoms with Gasteiger partial charge in [-0.05, 0) is 61.4 Å². The molecule has 0 aliphatic heterocycles. The van der Waals surface area contributed by atoms with Gasteiger partial charge in [0.15, 0.2) is 0 Å². The predicted molar refractivity (Wildman–Crippen MR) is 137 cm³/mol. The van der Waals surface area contributed by atoms with Crippen molar-refractivity contribution in [3.8, 4) is 11.5 Å². The Balaban J connectivity index is 1.64. The summed E-state index contributed by atoms with van der Waals surface area (Å²) in [4.78, 5) is 0. The van der Waals surface area contributed by atoms with E-state index in [2.05, 4.69) is 6.92 Å². The SMILES string of the molecule is CCCCCCCCCCCCCCC(COc1ccc(N)cc1)Oc1ccc(N)cc1. The van der Waals surface area contributed by atoms with Crippen molar-refractivity contribution in [1.82, 2.24) is 0 Å². The van der Waals surface area contributed by atoms with Crippen molar-refractivity contribution in [2.24, 2.45) is 0 Å². The first-order valence-electron chi connectivity index (χ1n) is 12.7.